The van der Waals surface area contributed by atoms with Gasteiger partial charge in [0, 0.05) is 42.2 Å². The molecule has 238 valence electrons. The second-order valence-electron chi connectivity index (χ2n) is 11.7. The summed E-state index contributed by atoms with van der Waals surface area (Å²) in [6.07, 6.45) is 13.3. The molecule has 6 aromatic rings. The number of rotatable bonds is 12. The van der Waals surface area contributed by atoms with Crippen molar-refractivity contribution in [3.05, 3.63) is 132 Å². The van der Waals surface area contributed by atoms with E-state index in [4.69, 9.17) is 4.98 Å². The Morgan fingerprint density at radius 3 is 2.55 bits per heavy atom. The monoisotopic (exact) mass is 643 g/mol. The zero-order valence-electron chi connectivity index (χ0n) is 26.6. The molecule has 0 aliphatic heterocycles. The van der Waals surface area contributed by atoms with E-state index in [1.807, 2.05) is 61.9 Å². The topological polar surface area (TPSA) is 94.3 Å². The maximum atomic E-state index is 14.8. The Morgan fingerprint density at radius 1 is 0.957 bits per heavy atom. The number of hydrogen-bond acceptors (Lipinski definition) is 5. The van der Waals surface area contributed by atoms with E-state index in [1.54, 1.807) is 12.4 Å². The van der Waals surface area contributed by atoms with Crippen molar-refractivity contribution < 1.29 is 4.39 Å². The Kier molecular flexibility index (Phi) is 9.31. The summed E-state index contributed by atoms with van der Waals surface area (Å²) in [7, 11) is -1.44. The third kappa shape index (κ3) is 7.49. The summed E-state index contributed by atoms with van der Waals surface area (Å²) < 4.78 is 18.1. The molecular formula is C38H38FN7S. The first-order valence-electron chi connectivity index (χ1n) is 15.2. The minimum Gasteiger partial charge on any atom is -0.352 e. The van der Waals surface area contributed by atoms with Crippen LogP contribution in [0, 0.1) is 5.82 Å². The number of allylic oxidation sites excluding steroid dienone is 3. The van der Waals surface area contributed by atoms with Gasteiger partial charge in [-0.25, -0.2) is 4.39 Å². The van der Waals surface area contributed by atoms with Crippen molar-refractivity contribution in [1.82, 2.24) is 35.2 Å². The highest BCUT2D eigenvalue weighted by Crippen LogP contribution is 2.35. The molecule has 4 aromatic heterocycles. The normalized spacial score (nSPS) is 12.7. The van der Waals surface area contributed by atoms with Crippen molar-refractivity contribution in [3.8, 4) is 22.5 Å². The van der Waals surface area contributed by atoms with Gasteiger partial charge in [-0.05, 0) is 77.4 Å². The summed E-state index contributed by atoms with van der Waals surface area (Å²) in [6.45, 7) is 7.96. The maximum absolute atomic E-state index is 14.8. The van der Waals surface area contributed by atoms with Crippen LogP contribution in [-0.4, -0.2) is 49.7 Å². The minimum absolute atomic E-state index is 0.310. The molecule has 0 aliphatic carbocycles. The first-order chi connectivity index (χ1) is 22.7. The number of halogens is 1. The molecular weight excluding hydrogens is 606 g/mol. The first-order valence-corrected chi connectivity index (χ1v) is 17.6. The van der Waals surface area contributed by atoms with Gasteiger partial charge in [0.05, 0.1) is 34.8 Å². The Hall–Kier alpha value is -5.09. The van der Waals surface area contributed by atoms with Gasteiger partial charge in [-0.15, -0.1) is 0 Å². The molecule has 0 bridgehead atoms. The van der Waals surface area contributed by atoms with E-state index in [-0.39, 0.29) is 5.82 Å². The maximum Gasteiger partial charge on any atom is 0.124 e. The van der Waals surface area contributed by atoms with Crippen LogP contribution in [0.4, 0.5) is 4.39 Å². The molecule has 9 heteroatoms. The molecule has 0 radical (unpaired) electrons. The van der Waals surface area contributed by atoms with Gasteiger partial charge < -0.3 is 10.3 Å². The lowest BCUT2D eigenvalue weighted by Crippen LogP contribution is -2.16. The summed E-state index contributed by atoms with van der Waals surface area (Å²) in [4.78, 5) is 12.7. The van der Waals surface area contributed by atoms with Gasteiger partial charge >= 0.3 is 0 Å². The molecule has 4 heterocycles. The van der Waals surface area contributed by atoms with Crippen molar-refractivity contribution in [2.45, 2.75) is 20.0 Å². The molecule has 0 amide bonds. The summed E-state index contributed by atoms with van der Waals surface area (Å²) in [6, 6.07) is 19.5. The number of nitrogens with zero attached hydrogens (tertiary/aromatic N) is 3. The smallest absolute Gasteiger partial charge is 0.124 e. The molecule has 47 heavy (non-hydrogen) atoms. The number of nitrogens with one attached hydrogen (secondary N) is 4. The molecule has 6 rings (SSSR count). The number of benzene rings is 2. The third-order valence-electron chi connectivity index (χ3n) is 7.85. The van der Waals surface area contributed by atoms with Gasteiger partial charge in [-0.1, -0.05) is 60.8 Å². The van der Waals surface area contributed by atoms with Crippen LogP contribution in [-0.2, 0) is 13.1 Å². The van der Waals surface area contributed by atoms with Gasteiger partial charge in [0.2, 0.25) is 0 Å². The third-order valence-corrected chi connectivity index (χ3v) is 8.69. The van der Waals surface area contributed by atoms with Crippen molar-refractivity contribution in [2.24, 2.45) is 0 Å². The number of aromatic nitrogens is 5. The SMILES string of the molecule is C=C/C(=C\C(=C/C)c1cc2c(-c3cc4c(-c5cc(F)cc(CNS(=C)(=C)C)c5)cncc4[nH]3)n[nH]c2cn1)CNCc1ccccc1. The fourth-order valence-electron chi connectivity index (χ4n) is 5.49. The summed E-state index contributed by atoms with van der Waals surface area (Å²) >= 11 is 0. The molecule has 0 aliphatic rings. The second kappa shape index (κ2) is 13.7. The zero-order valence-corrected chi connectivity index (χ0v) is 27.4. The van der Waals surface area contributed by atoms with E-state index >= 15 is 0 Å². The van der Waals surface area contributed by atoms with E-state index in [9.17, 15) is 4.39 Å². The Bertz CT molecular complexity index is 2240. The second-order valence-corrected chi connectivity index (χ2v) is 14.6. The van der Waals surface area contributed by atoms with Gasteiger partial charge in [0.25, 0.3) is 0 Å². The predicted octanol–water partition coefficient (Wildman–Crippen LogP) is 7.92. The highest BCUT2D eigenvalue weighted by molar-refractivity contribution is 8.25. The molecule has 0 unspecified atom stereocenters. The standard InChI is InChI=1S/C38H38FN7S/c1-6-25(19-40-20-26-11-9-8-10-12-26)13-28(7-2)34-18-32-37(24-42-34)45-46-38(32)35-17-31-33(22-41-23-36(31)44-35)29-14-27(15-30(39)16-29)21-43-47(3,4)5/h6-18,22-24,40,43-44H,1,3-4,19-21H2,2,5H3,(H,45,46)/b25-13+,28-7+. The number of fused-ring (bicyclic) bond motifs is 2. The number of pyridine rings is 2. The fraction of sp³-hybridized carbons (Fsp3) is 0.132. The van der Waals surface area contributed by atoms with Crippen molar-refractivity contribution in [3.63, 3.8) is 0 Å². The van der Waals surface area contributed by atoms with E-state index in [0.717, 1.165) is 73.3 Å². The van der Waals surface area contributed by atoms with Crippen LogP contribution < -0.4 is 10.0 Å². The van der Waals surface area contributed by atoms with Crippen molar-refractivity contribution in [1.29, 1.82) is 0 Å². The van der Waals surface area contributed by atoms with Gasteiger partial charge in [-0.2, -0.15) is 14.5 Å². The zero-order chi connectivity index (χ0) is 33.0. The van der Waals surface area contributed by atoms with Crippen LogP contribution in [0.15, 0.2) is 110 Å². The summed E-state index contributed by atoms with van der Waals surface area (Å²) in [5.41, 5.74) is 9.71. The summed E-state index contributed by atoms with van der Waals surface area (Å²) in [5.74, 6) is 7.82. The number of H-pyrrole nitrogens is 2. The molecule has 0 spiro atoms. The van der Waals surface area contributed by atoms with Crippen LogP contribution >= 0.6 is 9.39 Å². The molecule has 0 atom stereocenters. The average Bonchev–Trinajstić information content (AvgIpc) is 3.69. The number of aromatic amines is 2. The Labute approximate surface area is 275 Å². The van der Waals surface area contributed by atoms with E-state index in [1.165, 1.54) is 17.7 Å². The van der Waals surface area contributed by atoms with Crippen LogP contribution in [0.2, 0.25) is 0 Å². The van der Waals surface area contributed by atoms with Crippen LogP contribution in [0.25, 0.3) is 49.9 Å². The lowest BCUT2D eigenvalue weighted by Gasteiger charge is -2.12. The number of hydrogen-bond donors (Lipinski definition) is 4. The molecule has 0 saturated heterocycles. The molecule has 0 fully saturated rings. The van der Waals surface area contributed by atoms with Crippen molar-refractivity contribution >= 4 is 48.5 Å². The van der Waals surface area contributed by atoms with Crippen molar-refractivity contribution in [2.75, 3.05) is 12.8 Å². The van der Waals surface area contributed by atoms with Gasteiger partial charge in [-0.3, -0.25) is 19.8 Å². The molecule has 4 N–H and O–H groups in total. The average molecular weight is 644 g/mol. The Balaban J connectivity index is 1.30. The van der Waals surface area contributed by atoms with Gasteiger partial charge in [0.1, 0.15) is 11.5 Å². The van der Waals surface area contributed by atoms with E-state index in [2.05, 4.69) is 72.8 Å². The predicted molar refractivity (Wildman–Crippen MR) is 199 cm³/mol. The van der Waals surface area contributed by atoms with E-state index < -0.39 is 9.39 Å². The first kappa shape index (κ1) is 31.9. The quantitative estimate of drug-likeness (QED) is 0.0803. The van der Waals surface area contributed by atoms with Crippen LogP contribution in [0.5, 0.6) is 0 Å². The Morgan fingerprint density at radius 2 is 1.79 bits per heavy atom. The summed E-state index contributed by atoms with van der Waals surface area (Å²) in [5, 5.41) is 13.1. The lowest BCUT2D eigenvalue weighted by molar-refractivity contribution is 0.625. The van der Waals surface area contributed by atoms with Crippen LogP contribution in [0.3, 0.4) is 0 Å². The van der Waals surface area contributed by atoms with Gasteiger partial charge in [0.15, 0.2) is 0 Å². The fourth-order valence-corrected chi connectivity index (χ4v) is 6.00. The lowest BCUT2D eigenvalue weighted by atomic mass is 10.0. The highest BCUT2D eigenvalue weighted by Gasteiger charge is 2.16. The van der Waals surface area contributed by atoms with Crippen LogP contribution in [0.1, 0.15) is 23.7 Å². The molecule has 0 saturated carbocycles. The largest absolute Gasteiger partial charge is 0.352 e. The minimum atomic E-state index is -1.44. The van der Waals surface area contributed by atoms with E-state index in [0.29, 0.717) is 13.1 Å². The highest BCUT2D eigenvalue weighted by atomic mass is 32.2. The molecule has 7 nitrogen and oxygen atoms in total. The molecule has 2 aromatic carbocycles.